The first kappa shape index (κ1) is 12.5. The van der Waals surface area contributed by atoms with Crippen LogP contribution in [0.1, 0.15) is 17.3 Å². The second kappa shape index (κ2) is 5.14. The van der Waals surface area contributed by atoms with Crippen LogP contribution in [0.25, 0.3) is 0 Å². The van der Waals surface area contributed by atoms with Crippen LogP contribution in [0, 0.1) is 10.1 Å². The first-order valence-corrected chi connectivity index (χ1v) is 5.73. The van der Waals surface area contributed by atoms with E-state index in [-0.39, 0.29) is 17.6 Å². The largest absolute Gasteiger partial charge is 0.377 e. The van der Waals surface area contributed by atoms with Gasteiger partial charge >= 0.3 is 0 Å². The van der Waals surface area contributed by atoms with Crippen molar-refractivity contribution in [1.82, 2.24) is 4.90 Å². The number of nitro benzene ring substituents is 1. The summed E-state index contributed by atoms with van der Waals surface area (Å²) >= 11 is 0. The summed E-state index contributed by atoms with van der Waals surface area (Å²) in [4.78, 5) is 24.0. The van der Waals surface area contributed by atoms with Crippen molar-refractivity contribution in [1.29, 1.82) is 0 Å². The molecule has 1 aliphatic rings. The van der Waals surface area contributed by atoms with Crippen LogP contribution in [-0.4, -0.2) is 41.5 Å². The van der Waals surface area contributed by atoms with Crippen LogP contribution >= 0.6 is 0 Å². The topological polar surface area (TPSA) is 72.7 Å². The Bertz CT molecular complexity index is 458. The standard InChI is InChI=1S/C12H14N2O4/c1-9-8-18-7-6-13(9)12(15)10-2-4-11(5-3-10)14(16)17/h2-5,9H,6-8H2,1H3. The molecule has 6 heteroatoms. The molecule has 1 saturated heterocycles. The summed E-state index contributed by atoms with van der Waals surface area (Å²) in [5.74, 6) is -0.110. The Labute approximate surface area is 104 Å². The number of nitro groups is 1. The number of nitrogens with zero attached hydrogens (tertiary/aromatic N) is 2. The Kier molecular flexibility index (Phi) is 3.57. The molecule has 1 unspecified atom stereocenters. The normalized spacial score (nSPS) is 19.6. The van der Waals surface area contributed by atoms with E-state index in [4.69, 9.17) is 4.74 Å². The molecule has 1 aliphatic heterocycles. The van der Waals surface area contributed by atoms with E-state index in [9.17, 15) is 14.9 Å². The molecule has 96 valence electrons. The summed E-state index contributed by atoms with van der Waals surface area (Å²) in [5.41, 5.74) is 0.455. The van der Waals surface area contributed by atoms with E-state index in [1.165, 1.54) is 24.3 Å². The molecule has 0 bridgehead atoms. The molecule has 1 aromatic carbocycles. The maximum Gasteiger partial charge on any atom is 0.269 e. The lowest BCUT2D eigenvalue weighted by Crippen LogP contribution is -2.47. The second-order valence-electron chi connectivity index (χ2n) is 4.23. The molecule has 0 aliphatic carbocycles. The van der Waals surface area contributed by atoms with E-state index < -0.39 is 4.92 Å². The van der Waals surface area contributed by atoms with Gasteiger partial charge in [0, 0.05) is 24.2 Å². The predicted octanol–water partition coefficient (Wildman–Crippen LogP) is 1.46. The van der Waals surface area contributed by atoms with E-state index in [1.807, 2.05) is 6.92 Å². The summed E-state index contributed by atoms with van der Waals surface area (Å²) in [7, 11) is 0. The number of carbonyl (C=O) groups is 1. The quantitative estimate of drug-likeness (QED) is 0.588. The number of non-ortho nitro benzene ring substituents is 1. The molecule has 0 radical (unpaired) electrons. The fourth-order valence-corrected chi connectivity index (χ4v) is 1.92. The van der Waals surface area contributed by atoms with Crippen LogP contribution < -0.4 is 0 Å². The number of hydrogen-bond donors (Lipinski definition) is 0. The van der Waals surface area contributed by atoms with E-state index >= 15 is 0 Å². The van der Waals surface area contributed by atoms with Crippen molar-refractivity contribution in [2.75, 3.05) is 19.8 Å². The third kappa shape index (κ3) is 2.48. The van der Waals surface area contributed by atoms with Crippen molar-refractivity contribution in [2.24, 2.45) is 0 Å². The molecule has 1 aromatic rings. The smallest absolute Gasteiger partial charge is 0.269 e. The van der Waals surface area contributed by atoms with Gasteiger partial charge in [0.2, 0.25) is 0 Å². The van der Waals surface area contributed by atoms with Gasteiger partial charge < -0.3 is 9.64 Å². The van der Waals surface area contributed by atoms with Crippen molar-refractivity contribution in [2.45, 2.75) is 13.0 Å². The number of hydrogen-bond acceptors (Lipinski definition) is 4. The molecule has 18 heavy (non-hydrogen) atoms. The molecular formula is C12H14N2O4. The lowest BCUT2D eigenvalue weighted by atomic mass is 10.1. The Morgan fingerprint density at radius 1 is 1.44 bits per heavy atom. The summed E-state index contributed by atoms with van der Waals surface area (Å²) in [6, 6.07) is 5.70. The number of benzene rings is 1. The van der Waals surface area contributed by atoms with Crippen LogP contribution in [0.3, 0.4) is 0 Å². The molecule has 1 amide bonds. The van der Waals surface area contributed by atoms with E-state index in [2.05, 4.69) is 0 Å². The molecule has 0 aromatic heterocycles. The van der Waals surface area contributed by atoms with E-state index in [0.717, 1.165) is 0 Å². The highest BCUT2D eigenvalue weighted by Crippen LogP contribution is 2.16. The first-order chi connectivity index (χ1) is 8.59. The number of morpholine rings is 1. The van der Waals surface area contributed by atoms with Gasteiger partial charge in [0.05, 0.1) is 24.2 Å². The summed E-state index contributed by atoms with van der Waals surface area (Å²) in [5, 5.41) is 10.5. The molecular weight excluding hydrogens is 236 g/mol. The highest BCUT2D eigenvalue weighted by atomic mass is 16.6. The minimum Gasteiger partial charge on any atom is -0.377 e. The highest BCUT2D eigenvalue weighted by Gasteiger charge is 2.24. The Morgan fingerprint density at radius 2 is 2.11 bits per heavy atom. The minimum atomic E-state index is -0.481. The molecule has 2 rings (SSSR count). The van der Waals surface area contributed by atoms with Gasteiger partial charge in [-0.1, -0.05) is 0 Å². The third-order valence-corrected chi connectivity index (χ3v) is 2.95. The summed E-state index contributed by atoms with van der Waals surface area (Å²) in [6.45, 7) is 3.53. The lowest BCUT2D eigenvalue weighted by molar-refractivity contribution is -0.384. The third-order valence-electron chi connectivity index (χ3n) is 2.95. The number of amides is 1. The van der Waals surface area contributed by atoms with Crippen molar-refractivity contribution < 1.29 is 14.5 Å². The van der Waals surface area contributed by atoms with Gasteiger partial charge in [-0.25, -0.2) is 0 Å². The van der Waals surface area contributed by atoms with Crippen LogP contribution in [0.5, 0.6) is 0 Å². The van der Waals surface area contributed by atoms with Gasteiger partial charge in [-0.2, -0.15) is 0 Å². The molecule has 6 nitrogen and oxygen atoms in total. The lowest BCUT2D eigenvalue weighted by Gasteiger charge is -2.33. The van der Waals surface area contributed by atoms with E-state index in [0.29, 0.717) is 25.3 Å². The summed E-state index contributed by atoms with van der Waals surface area (Å²) in [6.07, 6.45) is 0. The van der Waals surface area contributed by atoms with Gasteiger partial charge in [0.25, 0.3) is 11.6 Å². The molecule has 0 spiro atoms. The highest BCUT2D eigenvalue weighted by molar-refractivity contribution is 5.94. The van der Waals surface area contributed by atoms with Gasteiger partial charge in [-0.3, -0.25) is 14.9 Å². The number of carbonyl (C=O) groups excluding carboxylic acids is 1. The fourth-order valence-electron chi connectivity index (χ4n) is 1.92. The Balaban J connectivity index is 2.15. The first-order valence-electron chi connectivity index (χ1n) is 5.73. The minimum absolute atomic E-state index is 0.0124. The Hall–Kier alpha value is -1.95. The molecule has 1 heterocycles. The van der Waals surface area contributed by atoms with Crippen molar-refractivity contribution in [3.05, 3.63) is 39.9 Å². The van der Waals surface area contributed by atoms with E-state index in [1.54, 1.807) is 4.90 Å². The van der Waals surface area contributed by atoms with Gasteiger partial charge in [0.1, 0.15) is 0 Å². The zero-order valence-corrected chi connectivity index (χ0v) is 10.0. The fraction of sp³-hybridized carbons (Fsp3) is 0.417. The zero-order chi connectivity index (χ0) is 13.1. The Morgan fingerprint density at radius 3 is 2.67 bits per heavy atom. The van der Waals surface area contributed by atoms with Crippen molar-refractivity contribution >= 4 is 11.6 Å². The maximum absolute atomic E-state index is 12.2. The van der Waals surface area contributed by atoms with Gasteiger partial charge in [-0.05, 0) is 19.1 Å². The molecule has 0 N–H and O–H groups in total. The van der Waals surface area contributed by atoms with Gasteiger partial charge in [0.15, 0.2) is 0 Å². The number of rotatable bonds is 2. The average Bonchev–Trinajstić information content (AvgIpc) is 2.38. The predicted molar refractivity (Wildman–Crippen MR) is 64.4 cm³/mol. The molecule has 1 atom stereocenters. The molecule has 1 fully saturated rings. The van der Waals surface area contributed by atoms with Crippen LogP contribution in [-0.2, 0) is 4.74 Å². The SMILES string of the molecule is CC1COCCN1C(=O)c1ccc([N+](=O)[O-])cc1. The van der Waals surface area contributed by atoms with Crippen molar-refractivity contribution in [3.8, 4) is 0 Å². The summed E-state index contributed by atoms with van der Waals surface area (Å²) < 4.78 is 5.27. The van der Waals surface area contributed by atoms with Gasteiger partial charge in [-0.15, -0.1) is 0 Å². The number of ether oxygens (including phenoxy) is 1. The second-order valence-corrected chi connectivity index (χ2v) is 4.23. The van der Waals surface area contributed by atoms with Crippen LogP contribution in [0.2, 0.25) is 0 Å². The van der Waals surface area contributed by atoms with Crippen molar-refractivity contribution in [3.63, 3.8) is 0 Å². The monoisotopic (exact) mass is 250 g/mol. The zero-order valence-electron chi connectivity index (χ0n) is 10.0. The van der Waals surface area contributed by atoms with Crippen LogP contribution in [0.15, 0.2) is 24.3 Å². The average molecular weight is 250 g/mol. The molecule has 0 saturated carbocycles. The van der Waals surface area contributed by atoms with Crippen LogP contribution in [0.4, 0.5) is 5.69 Å². The maximum atomic E-state index is 12.2.